The van der Waals surface area contributed by atoms with Crippen molar-refractivity contribution in [3.05, 3.63) is 65.7 Å². The van der Waals surface area contributed by atoms with Crippen LogP contribution < -0.4 is 0 Å². The van der Waals surface area contributed by atoms with Crippen LogP contribution in [0, 0.1) is 12.8 Å². The van der Waals surface area contributed by atoms with Gasteiger partial charge in [-0.3, -0.25) is 4.79 Å². The van der Waals surface area contributed by atoms with Crippen molar-refractivity contribution >= 4 is 16.0 Å². The van der Waals surface area contributed by atoms with Gasteiger partial charge in [0.2, 0.25) is 10.0 Å². The SMILES string of the molecule is CCOC(=O)C[C@H]1CN(S(=O)(=O)c2ccc(C)cc2)[C@H]1c1ccccc1. The third-order valence-corrected chi connectivity index (χ3v) is 6.54. The molecule has 0 aromatic heterocycles. The van der Waals surface area contributed by atoms with Gasteiger partial charge in [-0.25, -0.2) is 8.42 Å². The Balaban J connectivity index is 1.89. The van der Waals surface area contributed by atoms with Gasteiger partial charge in [0, 0.05) is 12.5 Å². The van der Waals surface area contributed by atoms with Gasteiger partial charge in [0.15, 0.2) is 0 Å². The molecule has 1 aliphatic rings. The van der Waals surface area contributed by atoms with Crippen LogP contribution in [0.3, 0.4) is 0 Å². The highest BCUT2D eigenvalue weighted by Crippen LogP contribution is 2.44. The Labute approximate surface area is 154 Å². The smallest absolute Gasteiger partial charge is 0.306 e. The first-order chi connectivity index (χ1) is 12.4. The second-order valence-corrected chi connectivity index (χ2v) is 8.40. The van der Waals surface area contributed by atoms with Crippen molar-refractivity contribution in [2.24, 2.45) is 5.92 Å². The number of esters is 1. The highest BCUT2D eigenvalue weighted by Gasteiger charge is 2.47. The molecule has 0 unspecified atom stereocenters. The maximum atomic E-state index is 13.1. The van der Waals surface area contributed by atoms with Gasteiger partial charge in [0.25, 0.3) is 0 Å². The van der Waals surface area contributed by atoms with Gasteiger partial charge in [0.05, 0.1) is 24.0 Å². The van der Waals surface area contributed by atoms with E-state index in [1.165, 1.54) is 4.31 Å². The lowest BCUT2D eigenvalue weighted by atomic mass is 9.84. The van der Waals surface area contributed by atoms with Crippen molar-refractivity contribution in [2.45, 2.75) is 31.2 Å². The van der Waals surface area contributed by atoms with E-state index in [4.69, 9.17) is 4.74 Å². The highest BCUT2D eigenvalue weighted by atomic mass is 32.2. The first-order valence-electron chi connectivity index (χ1n) is 8.72. The predicted molar refractivity (Wildman–Crippen MR) is 99.0 cm³/mol. The van der Waals surface area contributed by atoms with Crippen LogP contribution in [-0.4, -0.2) is 31.8 Å². The predicted octanol–water partition coefficient (Wildman–Crippen LogP) is 3.31. The maximum Gasteiger partial charge on any atom is 0.306 e. The molecule has 26 heavy (non-hydrogen) atoms. The lowest BCUT2D eigenvalue weighted by molar-refractivity contribution is -0.146. The van der Waals surface area contributed by atoms with Crippen LogP contribution in [0.4, 0.5) is 0 Å². The standard InChI is InChI=1S/C20H23NO4S/c1-3-25-19(22)13-17-14-21(20(17)16-7-5-4-6-8-16)26(23,24)18-11-9-15(2)10-12-18/h4-12,17,20H,3,13-14H2,1-2H3/t17-,20-/m0/s1. The zero-order valence-corrected chi connectivity index (χ0v) is 15.8. The minimum atomic E-state index is -3.62. The van der Waals surface area contributed by atoms with E-state index in [0.717, 1.165) is 11.1 Å². The van der Waals surface area contributed by atoms with Crippen LogP contribution >= 0.6 is 0 Å². The summed E-state index contributed by atoms with van der Waals surface area (Å²) >= 11 is 0. The summed E-state index contributed by atoms with van der Waals surface area (Å²) in [5.74, 6) is -0.373. The molecule has 0 bridgehead atoms. The zero-order chi connectivity index (χ0) is 18.7. The molecule has 1 heterocycles. The van der Waals surface area contributed by atoms with E-state index in [1.807, 2.05) is 37.3 Å². The number of sulfonamides is 1. The number of hydrogen-bond donors (Lipinski definition) is 0. The number of aryl methyl sites for hydroxylation is 1. The summed E-state index contributed by atoms with van der Waals surface area (Å²) < 4.78 is 32.7. The van der Waals surface area contributed by atoms with Gasteiger partial charge in [0.1, 0.15) is 0 Å². The molecule has 0 aliphatic carbocycles. The fourth-order valence-electron chi connectivity index (χ4n) is 3.33. The molecule has 1 aliphatic heterocycles. The van der Waals surface area contributed by atoms with Gasteiger partial charge < -0.3 is 4.74 Å². The Morgan fingerprint density at radius 1 is 1.12 bits per heavy atom. The van der Waals surface area contributed by atoms with E-state index in [2.05, 4.69) is 0 Å². The number of benzene rings is 2. The lowest BCUT2D eigenvalue weighted by Gasteiger charge is -2.46. The summed E-state index contributed by atoms with van der Waals surface area (Å²) in [6.45, 7) is 4.32. The van der Waals surface area contributed by atoms with Crippen LogP contribution in [0.25, 0.3) is 0 Å². The van der Waals surface area contributed by atoms with Gasteiger partial charge in [-0.05, 0) is 31.5 Å². The van der Waals surface area contributed by atoms with Gasteiger partial charge in [-0.2, -0.15) is 4.31 Å². The lowest BCUT2D eigenvalue weighted by Crippen LogP contribution is -2.53. The van der Waals surface area contributed by atoms with Crippen molar-refractivity contribution in [1.29, 1.82) is 0 Å². The number of ether oxygens (including phenoxy) is 1. The molecule has 6 heteroatoms. The van der Waals surface area contributed by atoms with Gasteiger partial charge >= 0.3 is 5.97 Å². The molecule has 1 saturated heterocycles. The van der Waals surface area contributed by atoms with Crippen molar-refractivity contribution in [2.75, 3.05) is 13.2 Å². The average Bonchev–Trinajstić information content (AvgIpc) is 2.59. The summed E-state index contributed by atoms with van der Waals surface area (Å²) in [5, 5.41) is 0. The third kappa shape index (κ3) is 3.66. The number of hydrogen-bond acceptors (Lipinski definition) is 4. The van der Waals surface area contributed by atoms with Crippen LogP contribution in [0.1, 0.15) is 30.5 Å². The molecule has 0 spiro atoms. The van der Waals surface area contributed by atoms with E-state index >= 15 is 0 Å². The largest absolute Gasteiger partial charge is 0.466 e. The van der Waals surface area contributed by atoms with Crippen LogP contribution in [0.5, 0.6) is 0 Å². The Morgan fingerprint density at radius 2 is 1.77 bits per heavy atom. The Bertz CT molecular complexity index is 862. The average molecular weight is 373 g/mol. The number of carbonyl (C=O) groups excluding carboxylic acids is 1. The zero-order valence-electron chi connectivity index (χ0n) is 15.0. The summed E-state index contributed by atoms with van der Waals surface area (Å²) in [4.78, 5) is 12.2. The molecule has 138 valence electrons. The van der Waals surface area contributed by atoms with E-state index in [-0.39, 0.29) is 29.2 Å². The fraction of sp³-hybridized carbons (Fsp3) is 0.350. The van der Waals surface area contributed by atoms with E-state index < -0.39 is 10.0 Å². The van der Waals surface area contributed by atoms with Gasteiger partial charge in [-0.1, -0.05) is 48.0 Å². The Kier molecular flexibility index (Phi) is 5.44. The van der Waals surface area contributed by atoms with Crippen molar-refractivity contribution < 1.29 is 17.9 Å². The molecule has 0 amide bonds. The molecule has 5 nitrogen and oxygen atoms in total. The quantitative estimate of drug-likeness (QED) is 0.729. The molecule has 2 aromatic carbocycles. The molecule has 2 aromatic rings. The molecule has 3 rings (SSSR count). The minimum Gasteiger partial charge on any atom is -0.466 e. The summed E-state index contributed by atoms with van der Waals surface area (Å²) in [6.07, 6.45) is 0.216. The Hall–Kier alpha value is -2.18. The third-order valence-electron chi connectivity index (χ3n) is 4.67. The van der Waals surface area contributed by atoms with Crippen molar-refractivity contribution in [3.63, 3.8) is 0 Å². The second kappa shape index (κ2) is 7.60. The first-order valence-corrected chi connectivity index (χ1v) is 10.2. The maximum absolute atomic E-state index is 13.1. The second-order valence-electron chi connectivity index (χ2n) is 6.51. The van der Waals surface area contributed by atoms with Crippen molar-refractivity contribution in [1.82, 2.24) is 4.31 Å². The summed E-state index contributed by atoms with van der Waals surface area (Å²) in [5.41, 5.74) is 1.90. The molecule has 2 atom stereocenters. The summed E-state index contributed by atoms with van der Waals surface area (Å²) in [7, 11) is -3.62. The Morgan fingerprint density at radius 3 is 2.38 bits per heavy atom. The monoisotopic (exact) mass is 373 g/mol. The van der Waals surface area contributed by atoms with E-state index in [1.54, 1.807) is 31.2 Å². The molecular weight excluding hydrogens is 350 g/mol. The van der Waals surface area contributed by atoms with E-state index in [0.29, 0.717) is 13.2 Å². The van der Waals surface area contributed by atoms with Crippen LogP contribution in [0.15, 0.2) is 59.5 Å². The minimum absolute atomic E-state index is 0.0864. The van der Waals surface area contributed by atoms with Gasteiger partial charge in [-0.15, -0.1) is 0 Å². The number of rotatable bonds is 6. The van der Waals surface area contributed by atoms with E-state index in [9.17, 15) is 13.2 Å². The molecule has 1 fully saturated rings. The van der Waals surface area contributed by atoms with Crippen LogP contribution in [0.2, 0.25) is 0 Å². The molecule has 0 radical (unpaired) electrons. The van der Waals surface area contributed by atoms with Crippen LogP contribution in [-0.2, 0) is 19.6 Å². The summed E-state index contributed by atoms with van der Waals surface area (Å²) in [6, 6.07) is 15.9. The fourth-order valence-corrected chi connectivity index (χ4v) is 5.07. The van der Waals surface area contributed by atoms with Crippen molar-refractivity contribution in [3.8, 4) is 0 Å². The number of carbonyl (C=O) groups is 1. The molecule has 0 N–H and O–H groups in total. The number of nitrogens with zero attached hydrogens (tertiary/aromatic N) is 1. The topological polar surface area (TPSA) is 63.7 Å². The highest BCUT2D eigenvalue weighted by molar-refractivity contribution is 7.89. The normalized spacial score (nSPS) is 20.4. The molecular formula is C20H23NO4S. The first kappa shape index (κ1) is 18.6. The molecule has 0 saturated carbocycles.